The summed E-state index contributed by atoms with van der Waals surface area (Å²) < 4.78 is 0. The summed E-state index contributed by atoms with van der Waals surface area (Å²) in [5.74, 6) is 17.3. The van der Waals surface area contributed by atoms with E-state index in [1.54, 1.807) is 17.3 Å². The van der Waals surface area contributed by atoms with Crippen molar-refractivity contribution in [2.75, 3.05) is 39.3 Å². The number of amides is 1. The summed E-state index contributed by atoms with van der Waals surface area (Å²) in [4.78, 5) is 17.3. The molecule has 1 atom stereocenters. The van der Waals surface area contributed by atoms with Gasteiger partial charge in [0.2, 0.25) is 0 Å². The maximum atomic E-state index is 13.7. The molecule has 1 unspecified atom stereocenters. The minimum atomic E-state index is -0.865. The number of rotatable bonds is 14. The van der Waals surface area contributed by atoms with Crippen molar-refractivity contribution in [1.82, 2.24) is 19.8 Å². The molecule has 1 aromatic rings. The average Bonchev–Trinajstić information content (AvgIpc) is 3.15. The van der Waals surface area contributed by atoms with Gasteiger partial charge in [-0.05, 0) is 43.5 Å². The van der Waals surface area contributed by atoms with Crippen LogP contribution in [0.3, 0.4) is 0 Å². The quantitative estimate of drug-likeness (QED) is 0.0922. The van der Waals surface area contributed by atoms with Crippen molar-refractivity contribution in [3.63, 3.8) is 0 Å². The van der Waals surface area contributed by atoms with E-state index in [0.29, 0.717) is 49.7 Å². The molecule has 0 spiro atoms. The first-order chi connectivity index (χ1) is 19.1. The van der Waals surface area contributed by atoms with Gasteiger partial charge in [-0.25, -0.2) is 11.7 Å². The number of carbonyl (C=O) groups is 1. The minimum absolute atomic E-state index is 0.125. The fourth-order valence-corrected chi connectivity index (χ4v) is 4.91. The van der Waals surface area contributed by atoms with Crippen molar-refractivity contribution in [3.8, 4) is 24.7 Å². The van der Waals surface area contributed by atoms with E-state index in [9.17, 15) is 4.79 Å². The Kier molecular flexibility index (Phi) is 11.7. The van der Waals surface area contributed by atoms with Crippen LogP contribution in [0.1, 0.15) is 36.7 Å². The van der Waals surface area contributed by atoms with E-state index < -0.39 is 5.54 Å². The number of fused-ring (bicyclic) bond motifs is 1. The summed E-state index contributed by atoms with van der Waals surface area (Å²) in [6, 6.07) is 7.59. The maximum Gasteiger partial charge on any atom is 0.255 e. The van der Waals surface area contributed by atoms with E-state index in [4.69, 9.17) is 36.0 Å². The van der Waals surface area contributed by atoms with Gasteiger partial charge in [0.15, 0.2) is 0 Å². The zero-order valence-corrected chi connectivity index (χ0v) is 23.8. The van der Waals surface area contributed by atoms with Crippen molar-refractivity contribution in [3.05, 3.63) is 95.1 Å². The standard InChI is InChI=1S/C31H42N8O/c1-7-13-25(6)31(24(5)10-4)29-15-12-11-14-28(29)30(40)39(31)23-27(33)22-38(35)19-18-37(34)21-26(32)20-36(16-8-2)17-9-3/h2-3,7,10-15,21-22H,6,16-20,23,32-35H2,1,4-5H3/b13-7-,24-10+,26-21-,27-22-. The highest BCUT2D eigenvalue weighted by Gasteiger charge is 2.51. The molecular formula is C31H42N8O. The van der Waals surface area contributed by atoms with Crippen LogP contribution in [0.5, 0.6) is 0 Å². The van der Waals surface area contributed by atoms with Crippen LogP contribution >= 0.6 is 0 Å². The number of benzene rings is 1. The fraction of sp³-hybridized carbons (Fsp3) is 0.323. The summed E-state index contributed by atoms with van der Waals surface area (Å²) in [5.41, 5.74) is 15.8. The first-order valence-corrected chi connectivity index (χ1v) is 13.0. The highest BCUT2D eigenvalue weighted by molar-refractivity contribution is 6.01. The van der Waals surface area contributed by atoms with E-state index in [-0.39, 0.29) is 12.5 Å². The molecule has 9 heteroatoms. The molecule has 1 aromatic carbocycles. The van der Waals surface area contributed by atoms with Gasteiger partial charge in [0.05, 0.1) is 32.7 Å². The van der Waals surface area contributed by atoms with Crippen LogP contribution in [0.25, 0.3) is 0 Å². The lowest BCUT2D eigenvalue weighted by molar-refractivity contribution is 0.0692. The SMILES string of the molecule is C#CCN(CC#C)C/C(N)=C/N(N)CCN(N)/C=C(\N)CN1C(=O)c2ccccc2C1(C(=C)/C=C\C)/C(C)=C/C. The highest BCUT2D eigenvalue weighted by atomic mass is 16.2. The smallest absolute Gasteiger partial charge is 0.255 e. The summed E-state index contributed by atoms with van der Waals surface area (Å²) in [6.45, 7) is 12.2. The predicted molar refractivity (Wildman–Crippen MR) is 163 cm³/mol. The second kappa shape index (κ2) is 14.7. The van der Waals surface area contributed by atoms with E-state index in [2.05, 4.69) is 18.4 Å². The number of nitrogens with two attached hydrogens (primary N) is 4. The van der Waals surface area contributed by atoms with Crippen LogP contribution in [0, 0.1) is 24.7 Å². The number of terminal acetylenes is 2. The molecular weight excluding hydrogens is 500 g/mol. The van der Waals surface area contributed by atoms with Gasteiger partial charge in [0.25, 0.3) is 5.91 Å². The first-order valence-electron chi connectivity index (χ1n) is 13.0. The zero-order chi connectivity index (χ0) is 29.9. The molecule has 9 nitrogen and oxygen atoms in total. The summed E-state index contributed by atoms with van der Waals surface area (Å²) in [7, 11) is 0. The van der Waals surface area contributed by atoms with Crippen molar-refractivity contribution in [2.45, 2.75) is 26.3 Å². The molecule has 0 aliphatic carbocycles. The number of hydrogen-bond acceptors (Lipinski definition) is 8. The molecule has 212 valence electrons. The van der Waals surface area contributed by atoms with Crippen molar-refractivity contribution in [1.29, 1.82) is 0 Å². The normalized spacial score (nSPS) is 17.6. The lowest BCUT2D eigenvalue weighted by Crippen LogP contribution is -2.47. The lowest BCUT2D eigenvalue weighted by atomic mass is 9.77. The third-order valence-electron chi connectivity index (χ3n) is 6.69. The third-order valence-corrected chi connectivity index (χ3v) is 6.69. The molecule has 1 aliphatic heterocycles. The van der Waals surface area contributed by atoms with Crippen LogP contribution in [0.15, 0.2) is 84.0 Å². The predicted octanol–water partition coefficient (Wildman–Crippen LogP) is 1.96. The van der Waals surface area contributed by atoms with Crippen molar-refractivity contribution >= 4 is 5.91 Å². The molecule has 1 heterocycles. The van der Waals surface area contributed by atoms with Crippen LogP contribution in [0.4, 0.5) is 0 Å². The fourth-order valence-electron chi connectivity index (χ4n) is 4.91. The van der Waals surface area contributed by atoms with E-state index in [1.165, 1.54) is 10.0 Å². The summed E-state index contributed by atoms with van der Waals surface area (Å²) in [5, 5.41) is 2.87. The Morgan fingerprint density at radius 1 is 1.05 bits per heavy atom. The van der Waals surface area contributed by atoms with Gasteiger partial charge >= 0.3 is 0 Å². The number of nitrogens with zero attached hydrogens (tertiary/aromatic N) is 4. The molecule has 0 fully saturated rings. The topological polar surface area (TPSA) is 134 Å². The molecule has 2 rings (SSSR count). The Balaban J connectivity index is 2.20. The van der Waals surface area contributed by atoms with E-state index in [0.717, 1.165) is 16.7 Å². The van der Waals surface area contributed by atoms with Crippen molar-refractivity contribution < 1.29 is 4.79 Å². The second-order valence-electron chi connectivity index (χ2n) is 9.58. The van der Waals surface area contributed by atoms with Gasteiger partial charge < -0.3 is 26.4 Å². The molecule has 8 N–H and O–H groups in total. The summed E-state index contributed by atoms with van der Waals surface area (Å²) >= 11 is 0. The molecule has 0 bridgehead atoms. The molecule has 0 saturated carbocycles. The number of allylic oxidation sites excluding steroid dienone is 2. The largest absolute Gasteiger partial charge is 0.400 e. The Labute approximate surface area is 239 Å². The van der Waals surface area contributed by atoms with Gasteiger partial charge in [-0.15, -0.1) is 12.8 Å². The third kappa shape index (κ3) is 7.16. The highest BCUT2D eigenvalue weighted by Crippen LogP contribution is 2.49. The Bertz CT molecular complexity index is 1260. The van der Waals surface area contributed by atoms with Gasteiger partial charge in [0, 0.05) is 35.9 Å². The zero-order valence-electron chi connectivity index (χ0n) is 23.8. The minimum Gasteiger partial charge on any atom is -0.400 e. The van der Waals surface area contributed by atoms with Gasteiger partial charge in [0.1, 0.15) is 5.54 Å². The first kappa shape index (κ1) is 31.8. The maximum absolute atomic E-state index is 13.7. The Morgan fingerprint density at radius 3 is 2.17 bits per heavy atom. The van der Waals surface area contributed by atoms with Crippen LogP contribution < -0.4 is 23.2 Å². The lowest BCUT2D eigenvalue weighted by Gasteiger charge is -2.41. The van der Waals surface area contributed by atoms with Gasteiger partial charge in [-0.3, -0.25) is 9.69 Å². The van der Waals surface area contributed by atoms with Crippen LogP contribution in [-0.2, 0) is 5.54 Å². The van der Waals surface area contributed by atoms with Gasteiger partial charge in [-0.1, -0.05) is 54.8 Å². The molecule has 1 aliphatic rings. The Hall–Kier alpha value is -4.41. The van der Waals surface area contributed by atoms with E-state index in [1.807, 2.05) is 68.2 Å². The van der Waals surface area contributed by atoms with Gasteiger partial charge in [-0.2, -0.15) is 0 Å². The van der Waals surface area contributed by atoms with E-state index >= 15 is 0 Å². The second-order valence-corrected chi connectivity index (χ2v) is 9.58. The molecule has 0 aromatic heterocycles. The molecule has 40 heavy (non-hydrogen) atoms. The monoisotopic (exact) mass is 542 g/mol. The number of carbonyl (C=O) groups excluding carboxylic acids is 1. The average molecular weight is 543 g/mol. The Morgan fingerprint density at radius 2 is 1.62 bits per heavy atom. The molecule has 0 saturated heterocycles. The van der Waals surface area contributed by atoms with Crippen molar-refractivity contribution in [2.24, 2.45) is 23.2 Å². The van der Waals surface area contributed by atoms with Crippen LogP contribution in [0.2, 0.25) is 0 Å². The molecule has 1 amide bonds. The number of hydrazine groups is 2. The molecule has 0 radical (unpaired) electrons. The van der Waals surface area contributed by atoms with Crippen LogP contribution in [-0.4, -0.2) is 65.0 Å². The summed E-state index contributed by atoms with van der Waals surface area (Å²) in [6.07, 6.45) is 19.8. The number of hydrogen-bond donors (Lipinski definition) is 4.